The molecule has 8 nitrogen and oxygen atoms in total. The number of benzene rings is 3. The maximum atomic E-state index is 14.8. The molecule has 2 heterocycles. The zero-order valence-corrected chi connectivity index (χ0v) is 23.7. The summed E-state index contributed by atoms with van der Waals surface area (Å²) in [5, 5.41) is 21.9. The smallest absolute Gasteiger partial charge is 0.355 e. The molecule has 0 saturated heterocycles. The number of hydrogen-bond donors (Lipinski definition) is 2. The van der Waals surface area contributed by atoms with Crippen LogP contribution in [0.5, 0.6) is 5.75 Å². The standard InChI is InChI=1S/C30H25FN4O4S2/c1-39-22-7-3-5-20(15-22)19-4-2-6-21(14-19)27-23(12-17-8-11-26(41(32)38)24(31)13-17)28(18-9-10-18)35(34-27)30-33-25(16-40-30)29(36)37/h2-8,11,13-16,18H,9-10,12H2,1H3,(H2,32,38)(H,36,37)/p+1. The molecule has 6 rings (SSSR count). The molecule has 3 N–H and O–H groups in total. The molecule has 0 spiro atoms. The predicted octanol–water partition coefficient (Wildman–Crippen LogP) is 5.91. The largest absolute Gasteiger partial charge is 0.497 e. The van der Waals surface area contributed by atoms with Gasteiger partial charge in [0.15, 0.2) is 22.5 Å². The zero-order valence-electron chi connectivity index (χ0n) is 22.0. The van der Waals surface area contributed by atoms with E-state index < -0.39 is 22.8 Å². The van der Waals surface area contributed by atoms with E-state index in [0.29, 0.717) is 22.8 Å². The molecule has 0 aliphatic heterocycles. The lowest BCUT2D eigenvalue weighted by atomic mass is 9.95. The van der Waals surface area contributed by atoms with Gasteiger partial charge in [-0.3, -0.25) is 0 Å². The summed E-state index contributed by atoms with van der Waals surface area (Å²) in [6, 6.07) is 20.4. The molecule has 1 unspecified atom stereocenters. The van der Waals surface area contributed by atoms with Crippen molar-refractivity contribution >= 4 is 28.3 Å². The van der Waals surface area contributed by atoms with Crippen LogP contribution in [0.25, 0.3) is 27.5 Å². The molecule has 1 atom stereocenters. The first-order chi connectivity index (χ1) is 19.8. The average molecular weight is 590 g/mol. The summed E-state index contributed by atoms with van der Waals surface area (Å²) in [5.41, 5.74) is 6.00. The van der Waals surface area contributed by atoms with Gasteiger partial charge in [0.1, 0.15) is 5.75 Å². The lowest BCUT2D eigenvalue weighted by molar-refractivity contribution is 0.0691. The molecule has 1 aliphatic carbocycles. The van der Waals surface area contributed by atoms with Crippen LogP contribution >= 0.6 is 11.3 Å². The fourth-order valence-corrected chi connectivity index (χ4v) is 6.20. The number of aromatic nitrogens is 3. The highest BCUT2D eigenvalue weighted by Gasteiger charge is 2.34. The summed E-state index contributed by atoms with van der Waals surface area (Å²) in [6.07, 6.45) is 2.28. The quantitative estimate of drug-likeness (QED) is 0.163. The Kier molecular flexibility index (Phi) is 7.24. The minimum Gasteiger partial charge on any atom is -0.497 e. The fourth-order valence-electron chi connectivity index (χ4n) is 4.94. The summed E-state index contributed by atoms with van der Waals surface area (Å²) < 4.78 is 33.7. The second-order valence-corrected chi connectivity index (χ2v) is 11.8. The maximum Gasteiger partial charge on any atom is 0.355 e. The Labute approximate surface area is 241 Å². The molecule has 11 heteroatoms. The Hall–Kier alpha value is -4.19. The highest BCUT2D eigenvalue weighted by Crippen LogP contribution is 2.46. The Morgan fingerprint density at radius 2 is 1.85 bits per heavy atom. The number of nitrogens with two attached hydrogens (primary N) is 1. The summed E-state index contributed by atoms with van der Waals surface area (Å²) in [5.74, 6) is -0.754. The number of thiol groups is 1. The molecule has 1 fully saturated rings. The second-order valence-electron chi connectivity index (χ2n) is 9.82. The van der Waals surface area contributed by atoms with Gasteiger partial charge in [-0.25, -0.2) is 18.9 Å². The fraction of sp³-hybridized carbons (Fsp3) is 0.167. The predicted molar refractivity (Wildman–Crippen MR) is 157 cm³/mol. The van der Waals surface area contributed by atoms with E-state index in [2.05, 4.69) is 11.1 Å². The third-order valence-electron chi connectivity index (χ3n) is 7.05. The highest BCUT2D eigenvalue weighted by atomic mass is 32.2. The molecule has 0 bridgehead atoms. The Balaban J connectivity index is 1.52. The van der Waals surface area contributed by atoms with E-state index in [1.807, 2.05) is 42.5 Å². The van der Waals surface area contributed by atoms with E-state index >= 15 is 0 Å². The van der Waals surface area contributed by atoms with Crippen molar-refractivity contribution in [1.29, 1.82) is 0 Å². The number of carbonyl (C=O) groups is 1. The number of hydrogen-bond acceptors (Lipinski definition) is 6. The number of ether oxygens (including phenoxy) is 1. The monoisotopic (exact) mass is 589 g/mol. The first kappa shape index (κ1) is 27.0. The Morgan fingerprint density at radius 3 is 2.51 bits per heavy atom. The zero-order chi connectivity index (χ0) is 28.7. The number of carboxylic acid groups (broad SMARTS) is 1. The van der Waals surface area contributed by atoms with Crippen molar-refractivity contribution in [2.75, 3.05) is 7.11 Å². The molecule has 0 amide bonds. The normalized spacial score (nSPS) is 13.7. The molecule has 5 aromatic rings. The number of aromatic carboxylic acids is 1. The third-order valence-corrected chi connectivity index (χ3v) is 8.70. The molecule has 1 aliphatic rings. The van der Waals surface area contributed by atoms with Crippen LogP contribution in [-0.4, -0.2) is 33.0 Å². The lowest BCUT2D eigenvalue weighted by Crippen LogP contribution is -2.06. The van der Waals surface area contributed by atoms with E-state index in [9.17, 15) is 18.5 Å². The molecule has 208 valence electrons. The van der Waals surface area contributed by atoms with Gasteiger partial charge in [0.25, 0.3) is 0 Å². The Morgan fingerprint density at radius 1 is 1.12 bits per heavy atom. The number of rotatable bonds is 9. The van der Waals surface area contributed by atoms with Gasteiger partial charge in [-0.05, 0) is 59.9 Å². The van der Waals surface area contributed by atoms with Gasteiger partial charge in [0.05, 0.1) is 18.5 Å². The van der Waals surface area contributed by atoms with Gasteiger partial charge in [-0.15, -0.1) is 16.5 Å². The number of halogens is 1. The molecule has 1 saturated carbocycles. The first-order valence-corrected chi connectivity index (χ1v) is 15.1. The number of thiazole rings is 1. The van der Waals surface area contributed by atoms with Crippen molar-refractivity contribution in [3.05, 3.63) is 100 Å². The van der Waals surface area contributed by atoms with Gasteiger partial charge in [0, 0.05) is 28.8 Å². The van der Waals surface area contributed by atoms with E-state index in [1.165, 1.54) is 28.8 Å². The van der Waals surface area contributed by atoms with Crippen LogP contribution in [-0.2, 0) is 21.6 Å². The molecule has 2 aromatic heterocycles. The number of nitrogens with zero attached hydrogens (tertiary/aromatic N) is 3. The summed E-state index contributed by atoms with van der Waals surface area (Å²) in [6.45, 7) is 0. The summed E-state index contributed by atoms with van der Waals surface area (Å²) in [4.78, 5) is 15.9. The van der Waals surface area contributed by atoms with Gasteiger partial charge in [-0.1, -0.05) is 40.6 Å². The second kappa shape index (κ2) is 11.0. The van der Waals surface area contributed by atoms with Gasteiger partial charge in [0.2, 0.25) is 10.0 Å². The lowest BCUT2D eigenvalue weighted by Gasteiger charge is -2.10. The van der Waals surface area contributed by atoms with E-state index in [4.69, 9.17) is 15.0 Å². The average Bonchev–Trinajstić information content (AvgIpc) is 3.55. The summed E-state index contributed by atoms with van der Waals surface area (Å²) in [7, 11) is -0.673. The molecule has 0 radical (unpaired) electrons. The molecule has 3 aromatic carbocycles. The van der Waals surface area contributed by atoms with Crippen molar-refractivity contribution < 1.29 is 23.2 Å². The third kappa shape index (κ3) is 5.43. The molecular weight excluding hydrogens is 563 g/mol. The van der Waals surface area contributed by atoms with Gasteiger partial charge >= 0.3 is 5.97 Å². The van der Waals surface area contributed by atoms with Crippen molar-refractivity contribution in [3.8, 4) is 33.3 Å². The van der Waals surface area contributed by atoms with Crippen molar-refractivity contribution in [3.63, 3.8) is 0 Å². The van der Waals surface area contributed by atoms with Crippen molar-refractivity contribution in [1.82, 2.24) is 14.8 Å². The van der Waals surface area contributed by atoms with E-state index in [1.54, 1.807) is 17.9 Å². The minimum atomic E-state index is -2.30. The Bertz CT molecular complexity index is 1810. The number of carboxylic acids is 1. The first-order valence-electron chi connectivity index (χ1n) is 12.9. The van der Waals surface area contributed by atoms with E-state index in [-0.39, 0.29) is 16.5 Å². The topological polar surface area (TPSA) is 120 Å². The SMILES string of the molecule is COc1cccc(-c2cccc(-c3nn(-c4nc(C(=O)O)cs4)c(C4CC4)c3Cc3ccc([SH+](N)=O)c(F)c3)c2)c1. The minimum absolute atomic E-state index is 0.0166. The maximum absolute atomic E-state index is 14.8. The van der Waals surface area contributed by atoms with Crippen molar-refractivity contribution in [2.45, 2.75) is 30.1 Å². The van der Waals surface area contributed by atoms with Crippen LogP contribution in [0.4, 0.5) is 4.39 Å². The summed E-state index contributed by atoms with van der Waals surface area (Å²) >= 11 is 1.21. The van der Waals surface area contributed by atoms with Crippen LogP contribution in [0, 0.1) is 5.82 Å². The highest BCUT2D eigenvalue weighted by molar-refractivity contribution is 7.82. The van der Waals surface area contributed by atoms with Crippen LogP contribution in [0.15, 0.2) is 77.0 Å². The molecule has 41 heavy (non-hydrogen) atoms. The van der Waals surface area contributed by atoms with Crippen LogP contribution in [0.1, 0.15) is 46.1 Å². The van der Waals surface area contributed by atoms with Crippen LogP contribution in [0.3, 0.4) is 0 Å². The van der Waals surface area contributed by atoms with E-state index in [0.717, 1.165) is 46.5 Å². The van der Waals surface area contributed by atoms with Gasteiger partial charge < -0.3 is 9.84 Å². The molecular formula is C30H26FN4O4S2+. The van der Waals surface area contributed by atoms with Crippen LogP contribution in [0.2, 0.25) is 0 Å². The van der Waals surface area contributed by atoms with Gasteiger partial charge in [-0.2, -0.15) is 5.10 Å². The number of methoxy groups -OCH3 is 1. The van der Waals surface area contributed by atoms with Crippen molar-refractivity contribution in [2.24, 2.45) is 5.14 Å². The van der Waals surface area contributed by atoms with Crippen LogP contribution < -0.4 is 9.88 Å².